The molecular formula is C12H20N2O2. The predicted molar refractivity (Wildman–Crippen MR) is 59.8 cm³/mol. The molecule has 4 nitrogen and oxygen atoms in total. The van der Waals surface area contributed by atoms with Crippen LogP contribution in [-0.2, 0) is 4.74 Å². The molecule has 3 unspecified atom stereocenters. The third-order valence-corrected chi connectivity index (χ3v) is 3.65. The van der Waals surface area contributed by atoms with E-state index in [0.29, 0.717) is 13.2 Å². The van der Waals surface area contributed by atoms with Gasteiger partial charge in [-0.2, -0.15) is 5.26 Å². The van der Waals surface area contributed by atoms with E-state index in [1.165, 1.54) is 12.8 Å². The monoisotopic (exact) mass is 224 g/mol. The summed E-state index contributed by atoms with van der Waals surface area (Å²) in [5.74, 6) is 0. The highest BCUT2D eigenvalue weighted by Gasteiger charge is 2.31. The van der Waals surface area contributed by atoms with E-state index < -0.39 is 0 Å². The largest absolute Gasteiger partial charge is 0.391 e. The van der Waals surface area contributed by atoms with Crippen LogP contribution >= 0.6 is 0 Å². The fourth-order valence-electron chi connectivity index (χ4n) is 2.74. The summed E-state index contributed by atoms with van der Waals surface area (Å²) < 4.78 is 5.33. The number of rotatable bonds is 1. The quantitative estimate of drug-likeness (QED) is 0.672. The van der Waals surface area contributed by atoms with E-state index in [1.807, 2.05) is 0 Å². The fraction of sp³-hybridized carbons (Fsp3) is 0.917. The summed E-state index contributed by atoms with van der Waals surface area (Å²) in [4.78, 5) is 2.24. The van der Waals surface area contributed by atoms with Crippen LogP contribution in [0, 0.1) is 11.3 Å². The van der Waals surface area contributed by atoms with Gasteiger partial charge in [0.05, 0.1) is 18.8 Å². The Morgan fingerprint density at radius 1 is 1.25 bits per heavy atom. The van der Waals surface area contributed by atoms with Crippen molar-refractivity contribution in [3.05, 3.63) is 0 Å². The second-order valence-corrected chi connectivity index (χ2v) is 4.76. The molecule has 0 aromatic heterocycles. The summed E-state index contributed by atoms with van der Waals surface area (Å²) in [6.07, 6.45) is 4.96. The molecule has 3 atom stereocenters. The lowest BCUT2D eigenvalue weighted by molar-refractivity contribution is -0.0463. The molecule has 0 radical (unpaired) electrons. The molecule has 1 heterocycles. The zero-order valence-electron chi connectivity index (χ0n) is 9.64. The van der Waals surface area contributed by atoms with Gasteiger partial charge < -0.3 is 9.84 Å². The van der Waals surface area contributed by atoms with E-state index in [2.05, 4.69) is 11.0 Å². The van der Waals surface area contributed by atoms with E-state index in [9.17, 15) is 5.11 Å². The second kappa shape index (κ2) is 5.62. The maximum Gasteiger partial charge on any atom is 0.156 e. The predicted octanol–water partition coefficient (Wildman–Crippen LogP) is 0.904. The number of aliphatic hydroxyl groups excluding tert-OH is 1. The Balaban J connectivity index is 1.96. The molecular weight excluding hydrogens is 204 g/mol. The Morgan fingerprint density at radius 3 is 2.88 bits per heavy atom. The lowest BCUT2D eigenvalue weighted by atomic mass is 10.0. The van der Waals surface area contributed by atoms with Gasteiger partial charge in [0.15, 0.2) is 6.10 Å². The molecule has 1 saturated heterocycles. The van der Waals surface area contributed by atoms with E-state index >= 15 is 0 Å². The number of nitrogens with zero attached hydrogens (tertiary/aromatic N) is 2. The van der Waals surface area contributed by atoms with Crippen molar-refractivity contribution in [2.24, 2.45) is 0 Å². The molecule has 1 aliphatic heterocycles. The van der Waals surface area contributed by atoms with Crippen LogP contribution in [0.2, 0.25) is 0 Å². The van der Waals surface area contributed by atoms with Crippen LogP contribution in [0.4, 0.5) is 0 Å². The van der Waals surface area contributed by atoms with Crippen LogP contribution in [0.25, 0.3) is 0 Å². The molecule has 0 aromatic rings. The molecule has 1 aliphatic carbocycles. The fourth-order valence-corrected chi connectivity index (χ4v) is 2.74. The molecule has 2 rings (SSSR count). The number of morpholine rings is 1. The Bertz CT molecular complexity index is 264. The Kier molecular flexibility index (Phi) is 4.16. The van der Waals surface area contributed by atoms with Gasteiger partial charge >= 0.3 is 0 Å². The van der Waals surface area contributed by atoms with Crippen molar-refractivity contribution in [3.63, 3.8) is 0 Å². The molecule has 0 spiro atoms. The lowest BCUT2D eigenvalue weighted by Gasteiger charge is -2.38. The molecule has 0 amide bonds. The van der Waals surface area contributed by atoms with Crippen molar-refractivity contribution in [1.29, 1.82) is 5.26 Å². The van der Waals surface area contributed by atoms with Crippen LogP contribution in [-0.4, -0.2) is 48.0 Å². The van der Waals surface area contributed by atoms with Crippen molar-refractivity contribution < 1.29 is 9.84 Å². The van der Waals surface area contributed by atoms with Crippen LogP contribution in [0.1, 0.15) is 32.1 Å². The highest BCUT2D eigenvalue weighted by molar-refractivity contribution is 4.93. The summed E-state index contributed by atoms with van der Waals surface area (Å²) in [5.41, 5.74) is 0. The van der Waals surface area contributed by atoms with Crippen molar-refractivity contribution in [1.82, 2.24) is 4.90 Å². The maximum atomic E-state index is 10.1. The van der Waals surface area contributed by atoms with Gasteiger partial charge in [0.2, 0.25) is 0 Å². The summed E-state index contributed by atoms with van der Waals surface area (Å²) in [6.45, 7) is 2.11. The number of hydrogen-bond donors (Lipinski definition) is 1. The van der Waals surface area contributed by atoms with E-state index in [4.69, 9.17) is 10.00 Å². The van der Waals surface area contributed by atoms with Crippen molar-refractivity contribution in [3.8, 4) is 6.07 Å². The number of aliphatic hydroxyl groups is 1. The number of nitriles is 1. The van der Waals surface area contributed by atoms with Gasteiger partial charge in [-0.3, -0.25) is 4.90 Å². The summed E-state index contributed by atoms with van der Waals surface area (Å²) in [6, 6.07) is 2.40. The van der Waals surface area contributed by atoms with Crippen LogP contribution < -0.4 is 0 Å². The van der Waals surface area contributed by atoms with Gasteiger partial charge in [-0.25, -0.2) is 0 Å². The number of ether oxygens (including phenoxy) is 1. The minimum Gasteiger partial charge on any atom is -0.391 e. The summed E-state index contributed by atoms with van der Waals surface area (Å²) in [7, 11) is 0. The first-order chi connectivity index (χ1) is 7.81. The molecule has 0 aromatic carbocycles. The van der Waals surface area contributed by atoms with Gasteiger partial charge in [0, 0.05) is 19.1 Å². The minimum atomic E-state index is -0.316. The van der Waals surface area contributed by atoms with Crippen LogP contribution in [0.5, 0.6) is 0 Å². The molecule has 0 bridgehead atoms. The Hall–Kier alpha value is -0.630. The average Bonchev–Trinajstić information content (AvgIpc) is 2.54. The first kappa shape index (κ1) is 11.8. The van der Waals surface area contributed by atoms with E-state index in [1.54, 1.807) is 0 Å². The van der Waals surface area contributed by atoms with Crippen molar-refractivity contribution in [2.45, 2.75) is 50.4 Å². The van der Waals surface area contributed by atoms with Gasteiger partial charge in [0.25, 0.3) is 0 Å². The van der Waals surface area contributed by atoms with Crippen molar-refractivity contribution in [2.75, 3.05) is 19.7 Å². The smallest absolute Gasteiger partial charge is 0.156 e. The molecule has 1 N–H and O–H groups in total. The molecule has 2 fully saturated rings. The molecule has 4 heteroatoms. The van der Waals surface area contributed by atoms with E-state index in [-0.39, 0.29) is 18.2 Å². The topological polar surface area (TPSA) is 56.5 Å². The van der Waals surface area contributed by atoms with Gasteiger partial charge in [0.1, 0.15) is 0 Å². The SMILES string of the molecule is N#CC1CN(C2CCCCCC2O)CCO1. The van der Waals surface area contributed by atoms with Gasteiger partial charge in [-0.05, 0) is 12.8 Å². The Labute approximate surface area is 96.8 Å². The maximum absolute atomic E-state index is 10.1. The Morgan fingerprint density at radius 2 is 2.06 bits per heavy atom. The normalized spacial score (nSPS) is 37.6. The molecule has 2 aliphatic rings. The van der Waals surface area contributed by atoms with Crippen LogP contribution in [0.15, 0.2) is 0 Å². The molecule has 16 heavy (non-hydrogen) atoms. The zero-order chi connectivity index (χ0) is 11.4. The van der Waals surface area contributed by atoms with Gasteiger partial charge in [-0.1, -0.05) is 19.3 Å². The highest BCUT2D eigenvalue weighted by atomic mass is 16.5. The third-order valence-electron chi connectivity index (χ3n) is 3.65. The van der Waals surface area contributed by atoms with Crippen LogP contribution in [0.3, 0.4) is 0 Å². The summed E-state index contributed by atoms with van der Waals surface area (Å²) in [5, 5.41) is 19.0. The minimum absolute atomic E-state index is 0.222. The third kappa shape index (κ3) is 2.73. The second-order valence-electron chi connectivity index (χ2n) is 4.76. The highest BCUT2D eigenvalue weighted by Crippen LogP contribution is 2.23. The number of hydrogen-bond acceptors (Lipinski definition) is 4. The lowest BCUT2D eigenvalue weighted by Crippen LogP contribution is -2.51. The average molecular weight is 224 g/mol. The van der Waals surface area contributed by atoms with E-state index in [0.717, 1.165) is 25.8 Å². The first-order valence-electron chi connectivity index (χ1n) is 6.24. The van der Waals surface area contributed by atoms with Gasteiger partial charge in [-0.15, -0.1) is 0 Å². The standard InChI is InChI=1S/C12H20N2O2/c13-8-10-9-14(6-7-16-10)11-4-2-1-3-5-12(11)15/h10-12,15H,1-7,9H2. The summed E-state index contributed by atoms with van der Waals surface area (Å²) >= 11 is 0. The molecule has 1 saturated carbocycles. The first-order valence-corrected chi connectivity index (χ1v) is 6.24. The zero-order valence-corrected chi connectivity index (χ0v) is 9.64. The molecule has 90 valence electrons. The van der Waals surface area contributed by atoms with Crippen molar-refractivity contribution >= 4 is 0 Å².